The summed E-state index contributed by atoms with van der Waals surface area (Å²) >= 11 is 3.13. The van der Waals surface area contributed by atoms with E-state index in [1.807, 2.05) is 30.3 Å². The molecule has 0 aromatic heterocycles. The lowest BCUT2D eigenvalue weighted by Crippen LogP contribution is -2.13. The molecule has 6 heteroatoms. The Kier molecular flexibility index (Phi) is 4.82. The Bertz CT molecular complexity index is 729. The number of nitrogens with two attached hydrogens (primary N) is 1. The lowest BCUT2D eigenvalue weighted by atomic mass is 10.0. The molecule has 0 unspecified atom stereocenters. The van der Waals surface area contributed by atoms with Crippen LogP contribution >= 0.6 is 15.9 Å². The number of carboxylic acids is 1. The third-order valence-corrected chi connectivity index (χ3v) is 3.98. The highest BCUT2D eigenvalue weighted by atomic mass is 79.9. The standard InChI is InChI=1S/C16H14BrNO4/c1-9-7-11(15(19)20)13(17)12(14(9)18)16(21)22-8-10-5-3-2-4-6-10/h2-7H,8,18H2,1H3,(H,19,20). The van der Waals surface area contributed by atoms with Crippen molar-refractivity contribution in [3.05, 3.63) is 63.1 Å². The van der Waals surface area contributed by atoms with Crippen LogP contribution in [0.3, 0.4) is 0 Å². The Morgan fingerprint density at radius 1 is 1.27 bits per heavy atom. The fraction of sp³-hybridized carbons (Fsp3) is 0.125. The number of carbonyl (C=O) groups is 2. The zero-order valence-electron chi connectivity index (χ0n) is 11.8. The van der Waals surface area contributed by atoms with Crippen molar-refractivity contribution in [1.29, 1.82) is 0 Å². The molecule has 0 saturated heterocycles. The van der Waals surface area contributed by atoms with Crippen molar-refractivity contribution in [1.82, 2.24) is 0 Å². The van der Waals surface area contributed by atoms with E-state index in [0.717, 1.165) is 5.56 Å². The first kappa shape index (κ1) is 16.0. The largest absolute Gasteiger partial charge is 0.478 e. The Balaban J connectivity index is 2.31. The number of ether oxygens (including phenoxy) is 1. The van der Waals surface area contributed by atoms with Gasteiger partial charge in [-0.3, -0.25) is 0 Å². The van der Waals surface area contributed by atoms with Crippen molar-refractivity contribution >= 4 is 33.6 Å². The fourth-order valence-electron chi connectivity index (χ4n) is 1.96. The number of hydrogen-bond acceptors (Lipinski definition) is 4. The van der Waals surface area contributed by atoms with Crippen LogP contribution < -0.4 is 5.73 Å². The van der Waals surface area contributed by atoms with Crippen LogP contribution in [0.15, 0.2) is 40.9 Å². The van der Waals surface area contributed by atoms with E-state index >= 15 is 0 Å². The van der Waals surface area contributed by atoms with Gasteiger partial charge in [0.15, 0.2) is 0 Å². The summed E-state index contributed by atoms with van der Waals surface area (Å²) in [6.45, 7) is 1.73. The molecule has 0 spiro atoms. The number of aryl methyl sites for hydroxylation is 1. The van der Waals surface area contributed by atoms with Crippen molar-refractivity contribution in [2.45, 2.75) is 13.5 Å². The Hall–Kier alpha value is -2.34. The van der Waals surface area contributed by atoms with E-state index in [2.05, 4.69) is 15.9 Å². The van der Waals surface area contributed by atoms with E-state index in [-0.39, 0.29) is 27.9 Å². The molecule has 3 N–H and O–H groups in total. The Labute approximate surface area is 135 Å². The van der Waals surface area contributed by atoms with Gasteiger partial charge in [0, 0.05) is 4.47 Å². The Morgan fingerprint density at radius 2 is 1.91 bits per heavy atom. The number of anilines is 1. The number of halogens is 1. The first-order valence-corrected chi connectivity index (χ1v) is 7.24. The molecule has 2 aromatic carbocycles. The number of nitrogen functional groups attached to an aromatic ring is 1. The minimum atomic E-state index is -1.15. The molecule has 2 aromatic rings. The average molecular weight is 364 g/mol. The summed E-state index contributed by atoms with van der Waals surface area (Å²) in [5.41, 5.74) is 7.45. The van der Waals surface area contributed by atoms with Gasteiger partial charge < -0.3 is 15.6 Å². The molecule has 0 bridgehead atoms. The highest BCUT2D eigenvalue weighted by Gasteiger charge is 2.23. The second-order valence-electron chi connectivity index (χ2n) is 4.71. The van der Waals surface area contributed by atoms with Gasteiger partial charge in [-0.05, 0) is 40.0 Å². The fourth-order valence-corrected chi connectivity index (χ4v) is 2.62. The predicted octanol–water partition coefficient (Wildman–Crippen LogP) is 3.39. The van der Waals surface area contributed by atoms with Crippen LogP contribution in [0.4, 0.5) is 5.69 Å². The maximum absolute atomic E-state index is 12.3. The van der Waals surface area contributed by atoms with Gasteiger partial charge in [0.05, 0.1) is 16.8 Å². The van der Waals surface area contributed by atoms with Gasteiger partial charge in [-0.15, -0.1) is 0 Å². The third-order valence-electron chi connectivity index (χ3n) is 3.16. The van der Waals surface area contributed by atoms with Crippen LogP contribution in [0.25, 0.3) is 0 Å². The molecule has 0 saturated carbocycles. The van der Waals surface area contributed by atoms with Crippen molar-refractivity contribution < 1.29 is 19.4 Å². The van der Waals surface area contributed by atoms with Gasteiger partial charge in [0.1, 0.15) is 6.61 Å². The van der Waals surface area contributed by atoms with Crippen molar-refractivity contribution in [3.8, 4) is 0 Å². The maximum atomic E-state index is 12.3. The lowest BCUT2D eigenvalue weighted by molar-refractivity contribution is 0.0473. The second-order valence-corrected chi connectivity index (χ2v) is 5.50. The van der Waals surface area contributed by atoms with Crippen molar-refractivity contribution in [2.24, 2.45) is 0 Å². The van der Waals surface area contributed by atoms with E-state index in [4.69, 9.17) is 10.5 Å². The molecule has 0 aliphatic rings. The highest BCUT2D eigenvalue weighted by Crippen LogP contribution is 2.31. The molecule has 0 radical (unpaired) electrons. The van der Waals surface area contributed by atoms with Crippen LogP contribution in [0.1, 0.15) is 31.8 Å². The molecule has 0 aliphatic carbocycles. The third kappa shape index (κ3) is 3.28. The number of carbonyl (C=O) groups excluding carboxylic acids is 1. The topological polar surface area (TPSA) is 89.6 Å². The van der Waals surface area contributed by atoms with Gasteiger partial charge >= 0.3 is 11.9 Å². The molecule has 114 valence electrons. The molecule has 2 rings (SSSR count). The normalized spacial score (nSPS) is 10.3. The predicted molar refractivity (Wildman–Crippen MR) is 85.8 cm³/mol. The van der Waals surface area contributed by atoms with E-state index < -0.39 is 11.9 Å². The number of hydrogen-bond donors (Lipinski definition) is 2. The quantitative estimate of drug-likeness (QED) is 0.641. The van der Waals surface area contributed by atoms with Crippen LogP contribution in [-0.4, -0.2) is 17.0 Å². The zero-order chi connectivity index (χ0) is 16.3. The van der Waals surface area contributed by atoms with Gasteiger partial charge in [-0.1, -0.05) is 30.3 Å². The molecule has 0 amide bonds. The first-order valence-electron chi connectivity index (χ1n) is 6.44. The summed E-state index contributed by atoms with van der Waals surface area (Å²) in [5, 5.41) is 9.17. The number of esters is 1. The summed E-state index contributed by atoms with van der Waals surface area (Å²) < 4.78 is 5.35. The van der Waals surface area contributed by atoms with Gasteiger partial charge in [-0.25, -0.2) is 9.59 Å². The van der Waals surface area contributed by atoms with Crippen molar-refractivity contribution in [3.63, 3.8) is 0 Å². The summed E-state index contributed by atoms with van der Waals surface area (Å²) in [5.74, 6) is -1.81. The number of aromatic carboxylic acids is 1. The number of carboxylic acid groups (broad SMARTS) is 1. The summed E-state index contributed by atoms with van der Waals surface area (Å²) in [6.07, 6.45) is 0. The number of benzene rings is 2. The van der Waals surface area contributed by atoms with Gasteiger partial charge in [0.2, 0.25) is 0 Å². The zero-order valence-corrected chi connectivity index (χ0v) is 13.4. The first-order chi connectivity index (χ1) is 10.4. The molecule has 0 fully saturated rings. The molecule has 0 aliphatic heterocycles. The summed E-state index contributed by atoms with van der Waals surface area (Å²) in [4.78, 5) is 23.5. The highest BCUT2D eigenvalue weighted by molar-refractivity contribution is 9.10. The minimum Gasteiger partial charge on any atom is -0.478 e. The van der Waals surface area contributed by atoms with Crippen molar-refractivity contribution in [2.75, 3.05) is 5.73 Å². The van der Waals surface area contributed by atoms with Crippen LogP contribution in [0, 0.1) is 6.92 Å². The molecule has 22 heavy (non-hydrogen) atoms. The minimum absolute atomic E-state index is 0.0293. The van der Waals surface area contributed by atoms with Crippen LogP contribution in [-0.2, 0) is 11.3 Å². The van der Waals surface area contributed by atoms with Crippen LogP contribution in [0.5, 0.6) is 0 Å². The van der Waals surface area contributed by atoms with Gasteiger partial charge in [-0.2, -0.15) is 0 Å². The number of rotatable bonds is 4. The SMILES string of the molecule is Cc1cc(C(=O)O)c(Br)c(C(=O)OCc2ccccc2)c1N. The Morgan fingerprint density at radius 3 is 2.50 bits per heavy atom. The molecule has 0 atom stereocenters. The molecular formula is C16H14BrNO4. The van der Waals surface area contributed by atoms with E-state index in [1.54, 1.807) is 6.92 Å². The van der Waals surface area contributed by atoms with Crippen LogP contribution in [0.2, 0.25) is 0 Å². The molecular weight excluding hydrogens is 350 g/mol. The second kappa shape index (κ2) is 6.62. The monoisotopic (exact) mass is 363 g/mol. The van der Waals surface area contributed by atoms with E-state index in [0.29, 0.717) is 5.56 Å². The average Bonchev–Trinajstić information content (AvgIpc) is 2.49. The molecule has 5 nitrogen and oxygen atoms in total. The lowest BCUT2D eigenvalue weighted by Gasteiger charge is -2.13. The van der Waals surface area contributed by atoms with E-state index in [1.165, 1.54) is 6.07 Å². The summed E-state index contributed by atoms with van der Waals surface area (Å²) in [6, 6.07) is 10.6. The molecule has 0 heterocycles. The summed E-state index contributed by atoms with van der Waals surface area (Å²) in [7, 11) is 0. The maximum Gasteiger partial charge on any atom is 0.341 e. The van der Waals surface area contributed by atoms with E-state index in [9.17, 15) is 14.7 Å². The smallest absolute Gasteiger partial charge is 0.341 e. The van der Waals surface area contributed by atoms with Gasteiger partial charge in [0.25, 0.3) is 0 Å².